The van der Waals surface area contributed by atoms with Gasteiger partial charge in [-0.1, -0.05) is 29.8 Å². The van der Waals surface area contributed by atoms with Gasteiger partial charge in [-0.25, -0.2) is 4.98 Å². The van der Waals surface area contributed by atoms with Crippen molar-refractivity contribution in [2.75, 3.05) is 11.9 Å². The van der Waals surface area contributed by atoms with Crippen LogP contribution in [0.5, 0.6) is 0 Å². The van der Waals surface area contributed by atoms with E-state index in [0.29, 0.717) is 0 Å². The Morgan fingerprint density at radius 3 is 2.72 bits per heavy atom. The summed E-state index contributed by atoms with van der Waals surface area (Å²) >= 11 is 7.84. The molecule has 0 aliphatic heterocycles. The lowest BCUT2D eigenvalue weighted by atomic mass is 10.3. The highest BCUT2D eigenvalue weighted by molar-refractivity contribution is 7.98. The first-order valence-electron chi connectivity index (χ1n) is 5.85. The molecule has 0 saturated heterocycles. The van der Waals surface area contributed by atoms with Gasteiger partial charge in [-0.2, -0.15) is 0 Å². The number of halogens is 1. The molecule has 1 N–H and O–H groups in total. The minimum Gasteiger partial charge on any atom is -0.370 e. The third kappa shape index (κ3) is 3.65. The SMILES string of the molecule is CCNc1ccc(CSc2ccccc2Cl)cn1. The van der Waals surface area contributed by atoms with Gasteiger partial charge in [-0.15, -0.1) is 11.8 Å². The number of nitrogens with zero attached hydrogens (tertiary/aromatic N) is 1. The summed E-state index contributed by atoms with van der Waals surface area (Å²) in [6.07, 6.45) is 1.90. The lowest BCUT2D eigenvalue weighted by Crippen LogP contribution is -1.98. The molecule has 94 valence electrons. The van der Waals surface area contributed by atoms with Gasteiger partial charge in [0.25, 0.3) is 0 Å². The minimum atomic E-state index is 0.805. The number of aromatic nitrogens is 1. The molecule has 0 saturated carbocycles. The fraction of sp³-hybridized carbons (Fsp3) is 0.214. The van der Waals surface area contributed by atoms with Crippen molar-refractivity contribution >= 4 is 29.2 Å². The molecule has 2 rings (SSSR count). The van der Waals surface area contributed by atoms with E-state index in [1.165, 1.54) is 5.56 Å². The first-order valence-corrected chi connectivity index (χ1v) is 7.22. The van der Waals surface area contributed by atoms with Crippen LogP contribution in [-0.2, 0) is 5.75 Å². The second kappa shape index (κ2) is 6.66. The van der Waals surface area contributed by atoms with Gasteiger partial charge >= 0.3 is 0 Å². The van der Waals surface area contributed by atoms with Crippen molar-refractivity contribution in [1.82, 2.24) is 4.98 Å². The largest absolute Gasteiger partial charge is 0.370 e. The summed E-state index contributed by atoms with van der Waals surface area (Å²) in [7, 11) is 0. The predicted octanol–water partition coefficient (Wildman–Crippen LogP) is 4.46. The highest BCUT2D eigenvalue weighted by atomic mass is 35.5. The second-order valence-electron chi connectivity index (χ2n) is 3.80. The van der Waals surface area contributed by atoms with E-state index in [-0.39, 0.29) is 0 Å². The van der Waals surface area contributed by atoms with Crippen LogP contribution in [0.25, 0.3) is 0 Å². The van der Waals surface area contributed by atoms with Crippen molar-refractivity contribution in [3.8, 4) is 0 Å². The molecule has 1 aromatic carbocycles. The van der Waals surface area contributed by atoms with Crippen LogP contribution < -0.4 is 5.32 Å². The predicted molar refractivity (Wildman–Crippen MR) is 79.4 cm³/mol. The van der Waals surface area contributed by atoms with E-state index in [1.807, 2.05) is 36.5 Å². The molecule has 4 heteroatoms. The van der Waals surface area contributed by atoms with Gasteiger partial charge < -0.3 is 5.32 Å². The van der Waals surface area contributed by atoms with Gasteiger partial charge in [0.2, 0.25) is 0 Å². The number of nitrogens with one attached hydrogen (secondary N) is 1. The molecule has 1 aromatic heterocycles. The van der Waals surface area contributed by atoms with Crippen LogP contribution >= 0.6 is 23.4 Å². The van der Waals surface area contributed by atoms with E-state index in [9.17, 15) is 0 Å². The normalized spacial score (nSPS) is 10.3. The molecule has 2 aromatic rings. The van der Waals surface area contributed by atoms with E-state index in [4.69, 9.17) is 11.6 Å². The van der Waals surface area contributed by atoms with Crippen LogP contribution in [0.3, 0.4) is 0 Å². The van der Waals surface area contributed by atoms with E-state index < -0.39 is 0 Å². The van der Waals surface area contributed by atoms with E-state index >= 15 is 0 Å². The van der Waals surface area contributed by atoms with Gasteiger partial charge in [0.15, 0.2) is 0 Å². The molecule has 0 amide bonds. The van der Waals surface area contributed by atoms with Crippen LogP contribution in [0, 0.1) is 0 Å². The summed E-state index contributed by atoms with van der Waals surface area (Å²) in [6, 6.07) is 12.0. The minimum absolute atomic E-state index is 0.805. The molecule has 0 unspecified atom stereocenters. The average Bonchev–Trinajstić information content (AvgIpc) is 2.40. The van der Waals surface area contributed by atoms with Crippen LogP contribution in [-0.4, -0.2) is 11.5 Å². The Bertz CT molecular complexity index is 499. The molecule has 2 nitrogen and oxygen atoms in total. The molecule has 1 heterocycles. The highest BCUT2D eigenvalue weighted by Crippen LogP contribution is 2.29. The molecule has 0 fully saturated rings. The molecule has 18 heavy (non-hydrogen) atoms. The maximum absolute atomic E-state index is 6.11. The lowest BCUT2D eigenvalue weighted by molar-refractivity contribution is 1.14. The number of anilines is 1. The number of hydrogen-bond donors (Lipinski definition) is 1. The zero-order valence-electron chi connectivity index (χ0n) is 10.2. The molecule has 0 spiro atoms. The van der Waals surface area contributed by atoms with Crippen molar-refractivity contribution in [3.63, 3.8) is 0 Å². The molecular formula is C14H15ClN2S. The molecule has 0 radical (unpaired) electrons. The van der Waals surface area contributed by atoms with Gasteiger partial charge in [-0.05, 0) is 30.7 Å². The average molecular weight is 279 g/mol. The standard InChI is InChI=1S/C14H15ClN2S/c1-2-16-14-8-7-11(9-17-14)10-18-13-6-4-3-5-12(13)15/h3-9H,2,10H2,1H3,(H,16,17). The van der Waals surface area contributed by atoms with Crippen molar-refractivity contribution in [2.24, 2.45) is 0 Å². The molecule has 0 aliphatic carbocycles. The summed E-state index contributed by atoms with van der Waals surface area (Å²) in [5.74, 6) is 1.80. The lowest BCUT2D eigenvalue weighted by Gasteiger charge is -2.05. The quantitative estimate of drug-likeness (QED) is 0.818. The van der Waals surface area contributed by atoms with Crippen LogP contribution in [0.15, 0.2) is 47.5 Å². The molecule has 0 aliphatic rings. The third-order valence-electron chi connectivity index (χ3n) is 2.41. The second-order valence-corrected chi connectivity index (χ2v) is 5.23. The van der Waals surface area contributed by atoms with Crippen LogP contribution in [0.1, 0.15) is 12.5 Å². The summed E-state index contributed by atoms with van der Waals surface area (Å²) in [5.41, 5.74) is 1.20. The van der Waals surface area contributed by atoms with Gasteiger partial charge in [0.05, 0.1) is 5.02 Å². The number of thioether (sulfide) groups is 1. The summed E-state index contributed by atoms with van der Waals surface area (Å²) in [4.78, 5) is 5.45. The zero-order valence-corrected chi connectivity index (χ0v) is 11.8. The van der Waals surface area contributed by atoms with Gasteiger partial charge in [0.1, 0.15) is 5.82 Å². The van der Waals surface area contributed by atoms with E-state index in [0.717, 1.165) is 28.0 Å². The fourth-order valence-electron chi connectivity index (χ4n) is 1.52. The van der Waals surface area contributed by atoms with Crippen LogP contribution in [0.2, 0.25) is 5.02 Å². The fourth-order valence-corrected chi connectivity index (χ4v) is 2.69. The first kappa shape index (κ1) is 13.2. The van der Waals surface area contributed by atoms with Crippen molar-refractivity contribution in [2.45, 2.75) is 17.6 Å². The monoisotopic (exact) mass is 278 g/mol. The van der Waals surface area contributed by atoms with Crippen molar-refractivity contribution < 1.29 is 0 Å². The van der Waals surface area contributed by atoms with Crippen molar-refractivity contribution in [1.29, 1.82) is 0 Å². The molecule has 0 bridgehead atoms. The Hall–Kier alpha value is -1.19. The Morgan fingerprint density at radius 2 is 2.06 bits per heavy atom. The third-order valence-corrected chi connectivity index (χ3v) is 4.00. The molecular weight excluding hydrogens is 264 g/mol. The highest BCUT2D eigenvalue weighted by Gasteiger charge is 2.01. The maximum Gasteiger partial charge on any atom is 0.125 e. The number of rotatable bonds is 5. The smallest absolute Gasteiger partial charge is 0.125 e. The van der Waals surface area contributed by atoms with Crippen molar-refractivity contribution in [3.05, 3.63) is 53.2 Å². The zero-order chi connectivity index (χ0) is 12.8. The van der Waals surface area contributed by atoms with Crippen LogP contribution in [0.4, 0.5) is 5.82 Å². The summed E-state index contributed by atoms with van der Waals surface area (Å²) in [5, 5.41) is 3.98. The van der Waals surface area contributed by atoms with Gasteiger partial charge in [-0.3, -0.25) is 0 Å². The Kier molecular flexibility index (Phi) is 4.90. The van der Waals surface area contributed by atoms with E-state index in [2.05, 4.69) is 23.3 Å². The summed E-state index contributed by atoms with van der Waals surface area (Å²) < 4.78 is 0. The summed E-state index contributed by atoms with van der Waals surface area (Å²) in [6.45, 7) is 2.95. The number of benzene rings is 1. The maximum atomic E-state index is 6.11. The number of pyridine rings is 1. The van der Waals surface area contributed by atoms with E-state index in [1.54, 1.807) is 11.8 Å². The topological polar surface area (TPSA) is 24.9 Å². The Morgan fingerprint density at radius 1 is 1.22 bits per heavy atom. The first-order chi connectivity index (χ1) is 8.79. The Balaban J connectivity index is 1.96. The Labute approximate surface area is 117 Å². The van der Waals surface area contributed by atoms with Gasteiger partial charge in [0, 0.05) is 23.4 Å². The number of hydrogen-bond acceptors (Lipinski definition) is 3. The molecule has 0 atom stereocenters.